The van der Waals surface area contributed by atoms with Crippen LogP contribution in [0.15, 0.2) is 70.5 Å². The van der Waals surface area contributed by atoms with Crippen LogP contribution in [0.25, 0.3) is 21.8 Å². The lowest BCUT2D eigenvalue weighted by molar-refractivity contribution is 1.25. The molecule has 0 amide bonds. The van der Waals surface area contributed by atoms with Crippen molar-refractivity contribution in [2.75, 3.05) is 0 Å². The van der Waals surface area contributed by atoms with Crippen LogP contribution in [-0.2, 0) is 0 Å². The van der Waals surface area contributed by atoms with Gasteiger partial charge in [0.2, 0.25) is 0 Å². The molecule has 0 radical (unpaired) electrons. The van der Waals surface area contributed by atoms with Crippen molar-refractivity contribution in [2.45, 2.75) is 23.6 Å². The van der Waals surface area contributed by atoms with Gasteiger partial charge in [0, 0.05) is 32.0 Å². The van der Waals surface area contributed by atoms with Crippen LogP contribution in [0.4, 0.5) is 0 Å². The fraction of sp³-hybridized carbons (Fsp3) is 0.100. The van der Waals surface area contributed by atoms with Crippen LogP contribution in [0.5, 0.6) is 0 Å². The third kappa shape index (κ3) is 3.25. The summed E-state index contributed by atoms with van der Waals surface area (Å²) in [7, 11) is 3.55. The highest BCUT2D eigenvalue weighted by Gasteiger charge is 2.03. The summed E-state index contributed by atoms with van der Waals surface area (Å²) < 4.78 is 0. The van der Waals surface area contributed by atoms with Gasteiger partial charge in [0.05, 0.1) is 11.0 Å². The molecule has 0 unspecified atom stereocenters. The molecule has 24 heavy (non-hydrogen) atoms. The first-order valence-corrected chi connectivity index (χ1v) is 9.92. The number of pyridine rings is 2. The minimum absolute atomic E-state index is 1.05. The molecule has 118 valence electrons. The summed E-state index contributed by atoms with van der Waals surface area (Å²) in [6.45, 7) is 4.04. The second-order valence-corrected chi connectivity index (χ2v) is 8.06. The van der Waals surface area contributed by atoms with Crippen LogP contribution in [-0.4, -0.2) is 9.97 Å². The molecule has 2 aromatic carbocycles. The van der Waals surface area contributed by atoms with Gasteiger partial charge in [-0.25, -0.2) is 0 Å². The number of benzene rings is 2. The van der Waals surface area contributed by atoms with Crippen molar-refractivity contribution >= 4 is 43.4 Å². The van der Waals surface area contributed by atoms with E-state index in [1.54, 1.807) is 21.6 Å². The number of aryl methyl sites for hydroxylation is 2. The van der Waals surface area contributed by atoms with Crippen LogP contribution in [0, 0.1) is 13.8 Å². The number of hydrogen-bond acceptors (Lipinski definition) is 4. The SMILES string of the molecule is Cc1ccc2cc(SSc3ccc4nc(C)ccc4c3)ccc2n1. The molecule has 0 aliphatic rings. The summed E-state index contributed by atoms with van der Waals surface area (Å²) in [6.07, 6.45) is 0. The van der Waals surface area contributed by atoms with E-state index in [1.807, 2.05) is 13.8 Å². The molecule has 0 fully saturated rings. The van der Waals surface area contributed by atoms with E-state index in [0.717, 1.165) is 22.4 Å². The summed E-state index contributed by atoms with van der Waals surface area (Å²) in [5.74, 6) is 0. The lowest BCUT2D eigenvalue weighted by atomic mass is 10.2. The van der Waals surface area contributed by atoms with Gasteiger partial charge in [0.15, 0.2) is 0 Å². The number of aromatic nitrogens is 2. The molecule has 0 saturated carbocycles. The maximum absolute atomic E-state index is 4.55. The van der Waals surface area contributed by atoms with Crippen LogP contribution in [0.3, 0.4) is 0 Å². The maximum atomic E-state index is 4.55. The van der Waals surface area contributed by atoms with Crippen molar-refractivity contribution in [3.05, 3.63) is 72.1 Å². The van der Waals surface area contributed by atoms with Gasteiger partial charge >= 0.3 is 0 Å². The number of fused-ring (bicyclic) bond motifs is 2. The number of nitrogens with zero attached hydrogens (tertiary/aromatic N) is 2. The van der Waals surface area contributed by atoms with E-state index >= 15 is 0 Å². The normalized spacial score (nSPS) is 11.2. The van der Waals surface area contributed by atoms with Crippen molar-refractivity contribution < 1.29 is 0 Å². The van der Waals surface area contributed by atoms with E-state index in [0.29, 0.717) is 0 Å². The van der Waals surface area contributed by atoms with Crippen molar-refractivity contribution in [1.29, 1.82) is 0 Å². The first kappa shape index (κ1) is 15.5. The fourth-order valence-electron chi connectivity index (χ4n) is 2.61. The fourth-order valence-corrected chi connectivity index (χ4v) is 4.60. The molecule has 0 N–H and O–H groups in total. The lowest BCUT2D eigenvalue weighted by Gasteiger charge is -2.05. The molecule has 0 atom stereocenters. The number of hydrogen-bond donors (Lipinski definition) is 0. The van der Waals surface area contributed by atoms with E-state index in [9.17, 15) is 0 Å². The van der Waals surface area contributed by atoms with Gasteiger partial charge in [-0.3, -0.25) is 9.97 Å². The molecule has 4 heteroatoms. The molecular weight excluding hydrogens is 332 g/mol. The van der Waals surface area contributed by atoms with Crippen LogP contribution >= 0.6 is 21.6 Å². The van der Waals surface area contributed by atoms with Gasteiger partial charge in [-0.15, -0.1) is 0 Å². The molecule has 0 saturated heterocycles. The van der Waals surface area contributed by atoms with E-state index in [2.05, 4.69) is 70.6 Å². The van der Waals surface area contributed by atoms with Gasteiger partial charge in [0.25, 0.3) is 0 Å². The van der Waals surface area contributed by atoms with Crippen molar-refractivity contribution in [3.8, 4) is 0 Å². The average Bonchev–Trinajstić information content (AvgIpc) is 2.60. The Morgan fingerprint density at radius 1 is 0.583 bits per heavy atom. The first-order chi connectivity index (χ1) is 11.7. The number of rotatable bonds is 3. The van der Waals surface area contributed by atoms with Gasteiger partial charge in [-0.05, 0) is 62.4 Å². The zero-order chi connectivity index (χ0) is 16.5. The molecule has 4 aromatic rings. The Morgan fingerprint density at radius 2 is 1.04 bits per heavy atom. The Hall–Kier alpha value is -2.04. The molecule has 0 aliphatic heterocycles. The Balaban J connectivity index is 1.56. The van der Waals surface area contributed by atoms with E-state index in [-0.39, 0.29) is 0 Å². The molecule has 2 heterocycles. The standard InChI is InChI=1S/C20H16N2S2/c1-13-3-5-15-11-17(7-9-19(15)21-13)23-24-18-8-10-20-16(12-18)6-4-14(2)22-20/h3-12H,1-2H3. The second-order valence-electron chi connectivity index (χ2n) is 5.78. The summed E-state index contributed by atoms with van der Waals surface area (Å²) in [5, 5.41) is 2.37. The quantitative estimate of drug-likeness (QED) is 0.412. The molecular formula is C20H16N2S2. The highest BCUT2D eigenvalue weighted by atomic mass is 33.1. The summed E-state index contributed by atoms with van der Waals surface area (Å²) in [5.41, 5.74) is 4.21. The molecule has 4 rings (SSSR count). The molecule has 2 aromatic heterocycles. The highest BCUT2D eigenvalue weighted by Crippen LogP contribution is 2.39. The Kier molecular flexibility index (Phi) is 4.17. The lowest BCUT2D eigenvalue weighted by Crippen LogP contribution is -1.83. The van der Waals surface area contributed by atoms with Gasteiger partial charge in [0.1, 0.15) is 0 Å². The maximum Gasteiger partial charge on any atom is 0.0705 e. The third-order valence-electron chi connectivity index (χ3n) is 3.83. The van der Waals surface area contributed by atoms with E-state index in [4.69, 9.17) is 0 Å². The Labute approximate surface area is 149 Å². The molecule has 0 aliphatic carbocycles. The third-order valence-corrected chi connectivity index (χ3v) is 6.21. The summed E-state index contributed by atoms with van der Waals surface area (Å²) in [6, 6.07) is 21.3. The minimum Gasteiger partial charge on any atom is -0.253 e. The van der Waals surface area contributed by atoms with Gasteiger partial charge < -0.3 is 0 Å². The van der Waals surface area contributed by atoms with Crippen molar-refractivity contribution in [2.24, 2.45) is 0 Å². The Bertz CT molecular complexity index is 959. The largest absolute Gasteiger partial charge is 0.253 e. The van der Waals surface area contributed by atoms with Gasteiger partial charge in [-0.1, -0.05) is 33.7 Å². The topological polar surface area (TPSA) is 25.8 Å². The minimum atomic E-state index is 1.05. The molecule has 2 nitrogen and oxygen atoms in total. The van der Waals surface area contributed by atoms with Crippen LogP contribution < -0.4 is 0 Å². The van der Waals surface area contributed by atoms with E-state index < -0.39 is 0 Å². The smallest absolute Gasteiger partial charge is 0.0705 e. The van der Waals surface area contributed by atoms with Crippen LogP contribution in [0.2, 0.25) is 0 Å². The second kappa shape index (κ2) is 6.46. The van der Waals surface area contributed by atoms with Crippen molar-refractivity contribution in [3.63, 3.8) is 0 Å². The summed E-state index contributed by atoms with van der Waals surface area (Å²) >= 11 is 0. The van der Waals surface area contributed by atoms with Crippen molar-refractivity contribution in [1.82, 2.24) is 9.97 Å². The zero-order valence-electron chi connectivity index (χ0n) is 13.5. The Morgan fingerprint density at radius 3 is 1.50 bits per heavy atom. The predicted octanol–water partition coefficient (Wildman–Crippen LogP) is 6.20. The van der Waals surface area contributed by atoms with E-state index in [1.165, 1.54) is 20.6 Å². The summed E-state index contributed by atoms with van der Waals surface area (Å²) in [4.78, 5) is 11.6. The first-order valence-electron chi connectivity index (χ1n) is 7.77. The highest BCUT2D eigenvalue weighted by molar-refractivity contribution is 8.76. The average molecular weight is 348 g/mol. The predicted molar refractivity (Wildman–Crippen MR) is 105 cm³/mol. The monoisotopic (exact) mass is 348 g/mol. The van der Waals surface area contributed by atoms with Gasteiger partial charge in [-0.2, -0.15) is 0 Å². The molecule has 0 spiro atoms. The van der Waals surface area contributed by atoms with Crippen LogP contribution in [0.1, 0.15) is 11.4 Å². The zero-order valence-corrected chi connectivity index (χ0v) is 15.1. The molecule has 0 bridgehead atoms.